The largest absolute Gasteiger partial charge is 0.355 e. The topological polar surface area (TPSA) is 389 Å². The fourth-order valence-corrected chi connectivity index (χ4v) is 20.5. The lowest BCUT2D eigenvalue weighted by Gasteiger charge is -2.42. The van der Waals surface area contributed by atoms with Gasteiger partial charge in [0.1, 0.15) is 57.6 Å². The standard InChI is InChI=1S/C21H25ClN6.C20H25ClN6.C20H24ClN5.2C19H23ClN6/c1-13-18(22)14(4-8-24-13)19-20-15(11-25-19)27-17(12-26-20)28-9-6-21(7-10-28)5-2-3-16(21)23;1-12-17(21)14(4-7-23-12)18-19-15(10-24-18)26-16(11-25-19)27-8-5-20(3,6-9-27)13(2)22;1-13-4-3-5-14(17(13)21)18-19-15(10-23-18)25-16(11-24-19)26-8-6-20(2,12-22)7-9-26;1-12-16(20)13(3-6-22-12)17-18-14(9-23-17)25-15(10-24-18)26-7-4-19(2,11-21)5-8-26;1-12-7-13(14(20)8-22-12)17-18-15(9-23-17)25-16(10-24-18)26-5-3-19(2,11-21)4-6-26/h4,8,12,16H,2-3,5-7,9-11,23H2,1H3;4,7,11,13H,5-6,8-10,22H2,1-3H3;3-5,11H,6-10,12,22H2,1-2H3;3,6,10H,4-5,7-9,11,21H2,1-2H3;7-8,10H,3-6,9,11,21H2,1-2H3/t16-;;;;/m1..../s1. The molecule has 1 unspecified atom stereocenters. The monoisotopic (exact) mass is 1890 g/mol. The van der Waals surface area contributed by atoms with Crippen LogP contribution in [0.5, 0.6) is 0 Å². The van der Waals surface area contributed by atoms with Gasteiger partial charge in [-0.3, -0.25) is 44.9 Å². The summed E-state index contributed by atoms with van der Waals surface area (Å²) in [6, 6.07) is 14.2. The molecule has 0 radical (unpaired) electrons. The maximum absolute atomic E-state index is 6.49. The van der Waals surface area contributed by atoms with Crippen molar-refractivity contribution in [3.8, 4) is 0 Å². The lowest BCUT2D eigenvalue weighted by atomic mass is 9.74. The highest BCUT2D eigenvalue weighted by molar-refractivity contribution is 6.38. The summed E-state index contributed by atoms with van der Waals surface area (Å²) in [4.78, 5) is 99.5. The van der Waals surface area contributed by atoms with E-state index in [1.165, 1.54) is 19.3 Å². The van der Waals surface area contributed by atoms with E-state index < -0.39 is 0 Å². The second-order valence-electron chi connectivity index (χ2n) is 38.7. The van der Waals surface area contributed by atoms with Crippen molar-refractivity contribution < 1.29 is 0 Å². The average Bonchev–Trinajstić information content (AvgIpc) is 1.66. The van der Waals surface area contributed by atoms with E-state index in [0.29, 0.717) is 64.3 Å². The lowest BCUT2D eigenvalue weighted by Crippen LogP contribution is -2.47. The van der Waals surface area contributed by atoms with Crippen LogP contribution in [0.1, 0.15) is 231 Å². The zero-order valence-electron chi connectivity index (χ0n) is 77.8. The number of anilines is 5. The summed E-state index contributed by atoms with van der Waals surface area (Å²) in [6.07, 6.45) is 30.9. The van der Waals surface area contributed by atoms with Gasteiger partial charge in [-0.1, -0.05) is 110 Å². The minimum absolute atomic E-state index is 0.201. The van der Waals surface area contributed by atoms with Gasteiger partial charge in [0.15, 0.2) is 0 Å². The number of aliphatic imine (C=N–C) groups is 5. The molecule has 5 saturated heterocycles. The van der Waals surface area contributed by atoms with Crippen LogP contribution in [-0.4, -0.2) is 195 Å². The van der Waals surface area contributed by atoms with E-state index in [-0.39, 0.29) is 27.7 Å². The quantitative estimate of drug-likeness (QED) is 0.0675. The first-order valence-electron chi connectivity index (χ1n) is 46.6. The number of nitrogens with two attached hydrogens (primary N) is 5. The summed E-state index contributed by atoms with van der Waals surface area (Å²) < 4.78 is 0. The number of rotatable bonds is 14. The van der Waals surface area contributed by atoms with Crippen molar-refractivity contribution in [1.82, 2.24) is 69.8 Å². The van der Waals surface area contributed by atoms with Crippen molar-refractivity contribution in [2.45, 2.75) is 198 Å². The maximum atomic E-state index is 6.49. The number of hydrogen-bond donors (Lipinski definition) is 5. The first-order chi connectivity index (χ1) is 64.0. The molecular weight excluding hydrogens is 1770 g/mol. The van der Waals surface area contributed by atoms with E-state index >= 15 is 0 Å². The number of aromatic nitrogens is 14. The number of pyridine rings is 4. The second kappa shape index (κ2) is 39.6. The lowest BCUT2D eigenvalue weighted by molar-refractivity contribution is 0.197. The molecule has 9 aromatic heterocycles. The van der Waals surface area contributed by atoms with Gasteiger partial charge in [-0.2, -0.15) is 0 Å². The van der Waals surface area contributed by atoms with Crippen LogP contribution in [0.2, 0.25) is 25.1 Å². The van der Waals surface area contributed by atoms with Gasteiger partial charge in [-0.25, -0.2) is 49.8 Å². The molecule has 1 aromatic carbocycles. The zero-order chi connectivity index (χ0) is 93.4. The number of halogens is 5. The van der Waals surface area contributed by atoms with E-state index in [1.807, 2.05) is 108 Å². The van der Waals surface area contributed by atoms with Crippen LogP contribution in [0, 0.1) is 61.7 Å². The van der Waals surface area contributed by atoms with Crippen molar-refractivity contribution in [2.75, 3.05) is 110 Å². The molecular formula is C99H120Cl5N29. The molecule has 19 heterocycles. The van der Waals surface area contributed by atoms with E-state index in [1.54, 1.807) is 24.8 Å². The Morgan fingerprint density at radius 2 is 0.669 bits per heavy atom. The predicted octanol–water partition coefficient (Wildman–Crippen LogP) is 15.3. The summed E-state index contributed by atoms with van der Waals surface area (Å²) in [5.74, 6) is 4.67. The van der Waals surface area contributed by atoms with Crippen LogP contribution < -0.4 is 53.2 Å². The predicted molar refractivity (Wildman–Crippen MR) is 534 cm³/mol. The van der Waals surface area contributed by atoms with E-state index in [4.69, 9.17) is 127 Å². The maximum Gasteiger partial charge on any atom is 0.147 e. The summed E-state index contributed by atoms with van der Waals surface area (Å²) in [6.45, 7) is 35.5. The summed E-state index contributed by atoms with van der Waals surface area (Å²) in [5, 5.41) is 3.21. The molecule has 0 bridgehead atoms. The third-order valence-corrected chi connectivity index (χ3v) is 31.9. The minimum Gasteiger partial charge on any atom is -0.355 e. The summed E-state index contributed by atoms with van der Waals surface area (Å²) in [5.41, 5.74) is 53.2. The highest BCUT2D eigenvalue weighted by Gasteiger charge is 2.44. The zero-order valence-corrected chi connectivity index (χ0v) is 81.6. The minimum atomic E-state index is 0.201. The van der Waals surface area contributed by atoms with Gasteiger partial charge >= 0.3 is 0 Å². The Morgan fingerprint density at radius 1 is 0.368 bits per heavy atom. The molecule has 2 atom stereocenters. The highest BCUT2D eigenvalue weighted by atomic mass is 35.5. The Kier molecular flexibility index (Phi) is 28.2. The fourth-order valence-electron chi connectivity index (χ4n) is 19.5. The van der Waals surface area contributed by atoms with Gasteiger partial charge in [-0.05, 0) is 195 Å². The fraction of sp³-hybridized carbons (Fsp3) is 0.485. The first-order valence-corrected chi connectivity index (χ1v) is 48.5. The van der Waals surface area contributed by atoms with Crippen LogP contribution in [0.15, 0.2) is 123 Å². The van der Waals surface area contributed by atoms with Gasteiger partial charge in [-0.15, -0.1) is 0 Å². The van der Waals surface area contributed by atoms with Crippen molar-refractivity contribution in [2.24, 2.45) is 80.7 Å². The van der Waals surface area contributed by atoms with Crippen LogP contribution >= 0.6 is 58.0 Å². The van der Waals surface area contributed by atoms with Crippen molar-refractivity contribution >= 4 is 116 Å². The summed E-state index contributed by atoms with van der Waals surface area (Å²) >= 11 is 32.1. The number of piperidine rings is 5. The van der Waals surface area contributed by atoms with Crippen molar-refractivity contribution in [3.05, 3.63) is 236 Å². The molecule has 34 heteroatoms. The molecule has 21 rings (SSSR count). The Bertz CT molecular complexity index is 5900. The molecule has 11 aliphatic rings. The van der Waals surface area contributed by atoms with Crippen molar-refractivity contribution in [3.63, 3.8) is 0 Å². The normalized spacial score (nSPS) is 19.8. The molecule has 10 aromatic rings. The number of benzene rings is 1. The highest BCUT2D eigenvalue weighted by Crippen LogP contribution is 2.47. The molecule has 0 amide bonds. The number of hydrogen-bond acceptors (Lipinski definition) is 29. The average molecular weight is 1890 g/mol. The van der Waals surface area contributed by atoms with Gasteiger partial charge in [0.25, 0.3) is 0 Å². The second-order valence-corrected chi connectivity index (χ2v) is 40.7. The Hall–Kier alpha value is -10.2. The molecule has 1 spiro atoms. The Morgan fingerprint density at radius 3 is 0.970 bits per heavy atom. The van der Waals surface area contributed by atoms with Crippen LogP contribution in [-0.2, 0) is 32.7 Å². The van der Waals surface area contributed by atoms with E-state index in [2.05, 4.69) is 114 Å². The summed E-state index contributed by atoms with van der Waals surface area (Å²) in [7, 11) is 0. The number of fused-ring (bicyclic) bond motifs is 5. The van der Waals surface area contributed by atoms with Gasteiger partial charge in [0.05, 0.1) is 163 Å². The molecule has 29 nitrogen and oxygen atoms in total. The molecule has 1 aliphatic carbocycles. The van der Waals surface area contributed by atoms with Crippen molar-refractivity contribution in [1.29, 1.82) is 0 Å². The molecule has 10 N–H and O–H groups in total. The Balaban J connectivity index is 0.000000116. The molecule has 696 valence electrons. The SMILES string of the molecule is Cc1cc(C2=NCc3nc(N4CCC(C)(CN)CC4)cnc32)c(Cl)cn1.Cc1cccc(C2=NCc3nc(N4CCC(C)(CN)CC4)cnc32)c1Cl.Cc1nccc(C2=NCc3nc(N4CCC(C)(C(C)N)CC4)cnc32)c1Cl.Cc1nccc(C2=NCc3nc(N4CCC(C)(CN)CC4)cnc32)c1Cl.Cc1nccc(C2=NCc3nc(N4CCC5(CCC[C@H]5N)CC4)cnc32)c1Cl. The third kappa shape index (κ3) is 19.9. The molecule has 6 fully saturated rings. The van der Waals surface area contributed by atoms with E-state index in [9.17, 15) is 0 Å². The van der Waals surface area contributed by atoms with Gasteiger partial charge in [0, 0.05) is 136 Å². The molecule has 1 saturated carbocycles. The molecule has 133 heavy (non-hydrogen) atoms. The number of aryl methyl sites for hydroxylation is 5. The van der Waals surface area contributed by atoms with E-state index in [0.717, 1.165) is 325 Å². The third-order valence-electron chi connectivity index (χ3n) is 29.6. The van der Waals surface area contributed by atoms with Gasteiger partial charge in [0.2, 0.25) is 0 Å². The van der Waals surface area contributed by atoms with Gasteiger partial charge < -0.3 is 53.2 Å². The number of nitrogens with zero attached hydrogens (tertiary/aromatic N) is 24. The molecule has 10 aliphatic heterocycles. The van der Waals surface area contributed by atoms with Crippen LogP contribution in [0.3, 0.4) is 0 Å². The van der Waals surface area contributed by atoms with Crippen LogP contribution in [0.4, 0.5) is 29.1 Å². The first kappa shape index (κ1) is 94.6. The Labute approximate surface area is 804 Å². The smallest absolute Gasteiger partial charge is 0.147 e. The van der Waals surface area contributed by atoms with Crippen LogP contribution in [0.25, 0.3) is 0 Å².